The maximum absolute atomic E-state index is 13.1. The van der Waals surface area contributed by atoms with Gasteiger partial charge in [-0.15, -0.1) is 0 Å². The van der Waals surface area contributed by atoms with Gasteiger partial charge in [0.15, 0.2) is 5.96 Å². The van der Waals surface area contributed by atoms with E-state index in [0.717, 1.165) is 0 Å². The molecule has 2 rings (SSSR count). The molecule has 14 heteroatoms. The average molecular weight is 572 g/mol. The van der Waals surface area contributed by atoms with Crippen LogP contribution in [0.25, 0.3) is 0 Å². The third-order valence-electron chi connectivity index (χ3n) is 6.02. The summed E-state index contributed by atoms with van der Waals surface area (Å²) in [5.41, 5.74) is 18.0. The zero-order chi connectivity index (χ0) is 30.4. The van der Waals surface area contributed by atoms with E-state index in [4.69, 9.17) is 17.2 Å². The lowest BCUT2D eigenvalue weighted by molar-refractivity contribution is -0.142. The molecule has 4 atom stereocenters. The Hall–Kier alpha value is -4.69. The van der Waals surface area contributed by atoms with Crippen LogP contribution in [0.4, 0.5) is 0 Å². The molecule has 0 heterocycles. The Labute approximate surface area is 237 Å². The molecule has 0 fully saturated rings. The predicted molar refractivity (Wildman–Crippen MR) is 150 cm³/mol. The van der Waals surface area contributed by atoms with E-state index in [2.05, 4.69) is 20.9 Å². The second kappa shape index (κ2) is 16.4. The lowest BCUT2D eigenvalue weighted by Crippen LogP contribution is -2.58. The highest BCUT2D eigenvalue weighted by Gasteiger charge is 2.30. The third kappa shape index (κ3) is 11.5. The van der Waals surface area contributed by atoms with E-state index in [1.807, 2.05) is 0 Å². The third-order valence-corrected chi connectivity index (χ3v) is 6.02. The van der Waals surface area contributed by atoms with Crippen molar-refractivity contribution < 1.29 is 34.5 Å². The molecule has 12 N–H and O–H groups in total. The first-order valence-corrected chi connectivity index (χ1v) is 12.9. The van der Waals surface area contributed by atoms with Gasteiger partial charge < -0.3 is 48.5 Å². The van der Waals surface area contributed by atoms with Gasteiger partial charge in [-0.3, -0.25) is 19.4 Å². The highest BCUT2D eigenvalue weighted by molar-refractivity contribution is 5.94. The summed E-state index contributed by atoms with van der Waals surface area (Å²) in [7, 11) is 0. The number of nitrogens with zero attached hydrogens (tertiary/aromatic N) is 1. The van der Waals surface area contributed by atoms with Crippen molar-refractivity contribution in [2.75, 3.05) is 13.2 Å². The standard InChI is InChI=1S/C27H37N7O7/c28-19(13-17-8-10-18(36)11-9-17)23(37)32-20(7-4-12-31-27(29)30)24(38)34-22(15-35)25(39)33-21(26(40)41)14-16-5-2-1-3-6-16/h1-3,5-6,8-11,19-22,35-36H,4,7,12-15,28H2,(H,32,37)(H,33,39)(H,34,38)(H,40,41)(H4,29,30,31). The number of nitrogens with two attached hydrogens (primary N) is 3. The first-order valence-electron chi connectivity index (χ1n) is 12.9. The van der Waals surface area contributed by atoms with Crippen molar-refractivity contribution in [2.45, 2.75) is 49.9 Å². The van der Waals surface area contributed by atoms with E-state index >= 15 is 0 Å². The molecule has 2 aromatic rings. The minimum absolute atomic E-state index is 0.0175. The Bertz CT molecular complexity index is 1190. The van der Waals surface area contributed by atoms with Crippen LogP contribution in [0.15, 0.2) is 59.6 Å². The molecule has 0 aliphatic carbocycles. The molecule has 222 valence electrons. The van der Waals surface area contributed by atoms with E-state index in [0.29, 0.717) is 11.1 Å². The smallest absolute Gasteiger partial charge is 0.326 e. The molecule has 4 unspecified atom stereocenters. The zero-order valence-electron chi connectivity index (χ0n) is 22.4. The number of aliphatic hydroxyl groups is 1. The number of guanidine groups is 1. The van der Waals surface area contributed by atoms with E-state index in [9.17, 15) is 34.5 Å². The number of rotatable bonds is 16. The fourth-order valence-electron chi connectivity index (χ4n) is 3.82. The van der Waals surface area contributed by atoms with Crippen molar-refractivity contribution in [1.82, 2.24) is 16.0 Å². The molecule has 0 aromatic heterocycles. The van der Waals surface area contributed by atoms with E-state index in [1.54, 1.807) is 42.5 Å². The number of hydrogen-bond donors (Lipinski definition) is 9. The van der Waals surface area contributed by atoms with Gasteiger partial charge in [-0.25, -0.2) is 4.79 Å². The van der Waals surface area contributed by atoms with Gasteiger partial charge in [0.25, 0.3) is 0 Å². The number of aromatic hydroxyl groups is 1. The molecule has 0 saturated heterocycles. The quantitative estimate of drug-likeness (QED) is 0.0613. The summed E-state index contributed by atoms with van der Waals surface area (Å²) >= 11 is 0. The van der Waals surface area contributed by atoms with Gasteiger partial charge in [-0.1, -0.05) is 42.5 Å². The van der Waals surface area contributed by atoms with E-state index in [1.165, 1.54) is 12.1 Å². The molecule has 2 aromatic carbocycles. The summed E-state index contributed by atoms with van der Waals surface area (Å²) in [5, 5.41) is 36.1. The van der Waals surface area contributed by atoms with Gasteiger partial charge in [0.05, 0.1) is 12.6 Å². The highest BCUT2D eigenvalue weighted by Crippen LogP contribution is 2.11. The van der Waals surface area contributed by atoms with Crippen molar-refractivity contribution in [3.8, 4) is 5.75 Å². The maximum atomic E-state index is 13.1. The number of carboxylic acids is 1. The lowest BCUT2D eigenvalue weighted by atomic mass is 10.0. The van der Waals surface area contributed by atoms with Crippen LogP contribution in [0.2, 0.25) is 0 Å². The summed E-state index contributed by atoms with van der Waals surface area (Å²) in [6.07, 6.45) is 0.438. The molecular formula is C27H37N7O7. The summed E-state index contributed by atoms with van der Waals surface area (Å²) in [6, 6.07) is 9.71. The number of hydrogen-bond acceptors (Lipinski definition) is 8. The predicted octanol–water partition coefficient (Wildman–Crippen LogP) is -1.91. The molecule has 0 spiro atoms. The van der Waals surface area contributed by atoms with Crippen LogP contribution in [0.3, 0.4) is 0 Å². The fraction of sp³-hybridized carbons (Fsp3) is 0.370. The monoisotopic (exact) mass is 571 g/mol. The van der Waals surface area contributed by atoms with Crippen molar-refractivity contribution in [2.24, 2.45) is 22.2 Å². The van der Waals surface area contributed by atoms with Crippen LogP contribution >= 0.6 is 0 Å². The normalized spacial score (nSPS) is 13.6. The first-order chi connectivity index (χ1) is 19.5. The van der Waals surface area contributed by atoms with Gasteiger partial charge in [-0.2, -0.15) is 0 Å². The summed E-state index contributed by atoms with van der Waals surface area (Å²) in [6.45, 7) is -0.671. The average Bonchev–Trinajstić information content (AvgIpc) is 2.94. The second-order valence-corrected chi connectivity index (χ2v) is 9.32. The van der Waals surface area contributed by atoms with Crippen molar-refractivity contribution in [3.63, 3.8) is 0 Å². The maximum Gasteiger partial charge on any atom is 0.326 e. The first kappa shape index (κ1) is 32.5. The summed E-state index contributed by atoms with van der Waals surface area (Å²) < 4.78 is 0. The number of aliphatic imine (C=N–C) groups is 1. The Balaban J connectivity index is 2.08. The number of carbonyl (C=O) groups is 4. The fourth-order valence-corrected chi connectivity index (χ4v) is 3.82. The van der Waals surface area contributed by atoms with Gasteiger partial charge in [-0.05, 0) is 42.5 Å². The number of phenols is 1. The van der Waals surface area contributed by atoms with Crippen molar-refractivity contribution >= 4 is 29.7 Å². The summed E-state index contributed by atoms with van der Waals surface area (Å²) in [5.74, 6) is -3.76. The molecule has 0 bridgehead atoms. The number of carboxylic acid groups (broad SMARTS) is 1. The van der Waals surface area contributed by atoms with Crippen LogP contribution in [0.5, 0.6) is 5.75 Å². The largest absolute Gasteiger partial charge is 0.508 e. The molecule has 14 nitrogen and oxygen atoms in total. The lowest BCUT2D eigenvalue weighted by Gasteiger charge is -2.24. The van der Waals surface area contributed by atoms with Gasteiger partial charge in [0.2, 0.25) is 17.7 Å². The minimum Gasteiger partial charge on any atom is -0.508 e. The zero-order valence-corrected chi connectivity index (χ0v) is 22.4. The van der Waals surface area contributed by atoms with Crippen molar-refractivity contribution in [3.05, 3.63) is 65.7 Å². The van der Waals surface area contributed by atoms with E-state index in [-0.39, 0.29) is 43.9 Å². The SMILES string of the molecule is NC(N)=NCCCC(NC(=O)C(N)Cc1ccc(O)cc1)C(=O)NC(CO)C(=O)NC(Cc1ccccc1)C(=O)O. The number of benzene rings is 2. The second-order valence-electron chi connectivity index (χ2n) is 9.32. The highest BCUT2D eigenvalue weighted by atomic mass is 16.4. The van der Waals surface area contributed by atoms with Crippen LogP contribution in [0, 0.1) is 0 Å². The van der Waals surface area contributed by atoms with Crippen LogP contribution in [-0.2, 0) is 32.0 Å². The summed E-state index contributed by atoms with van der Waals surface area (Å²) in [4.78, 5) is 54.3. The number of nitrogens with one attached hydrogen (secondary N) is 3. The molecule has 3 amide bonds. The molecule has 0 saturated carbocycles. The number of carbonyl (C=O) groups excluding carboxylic acids is 3. The topological polar surface area (TPSA) is 255 Å². The number of amides is 3. The molecule has 41 heavy (non-hydrogen) atoms. The molecule has 0 aliphatic rings. The Kier molecular flexibility index (Phi) is 13.0. The minimum atomic E-state index is -1.50. The number of aliphatic hydroxyl groups excluding tert-OH is 1. The van der Waals surface area contributed by atoms with Gasteiger partial charge in [0, 0.05) is 13.0 Å². The Morgan fingerprint density at radius 1 is 0.780 bits per heavy atom. The number of aliphatic carboxylic acids is 1. The Morgan fingerprint density at radius 3 is 1.93 bits per heavy atom. The van der Waals surface area contributed by atoms with Gasteiger partial charge in [0.1, 0.15) is 23.9 Å². The number of phenolic OH excluding ortho intramolecular Hbond substituents is 1. The van der Waals surface area contributed by atoms with Crippen LogP contribution in [0.1, 0.15) is 24.0 Å². The van der Waals surface area contributed by atoms with Gasteiger partial charge >= 0.3 is 5.97 Å². The van der Waals surface area contributed by atoms with Crippen LogP contribution in [-0.4, -0.2) is 82.3 Å². The molecule has 0 radical (unpaired) electrons. The Morgan fingerprint density at radius 2 is 1.34 bits per heavy atom. The molecule has 0 aliphatic heterocycles. The van der Waals surface area contributed by atoms with Crippen molar-refractivity contribution in [1.29, 1.82) is 0 Å². The van der Waals surface area contributed by atoms with E-state index < -0.39 is 54.5 Å². The van der Waals surface area contributed by atoms with Crippen LogP contribution < -0.4 is 33.2 Å². The molecular weight excluding hydrogens is 534 g/mol.